The SMILES string of the molecule is Cc1cccc(NC(=O)c2ccccc2Cl)c1C(=O)[O-]. The van der Waals surface area contributed by atoms with Crippen LogP contribution in [0.1, 0.15) is 26.3 Å². The van der Waals surface area contributed by atoms with E-state index >= 15 is 0 Å². The number of aromatic carboxylic acids is 1. The Morgan fingerprint density at radius 1 is 1.10 bits per heavy atom. The van der Waals surface area contributed by atoms with E-state index in [9.17, 15) is 14.7 Å². The van der Waals surface area contributed by atoms with Crippen LogP contribution in [0.15, 0.2) is 42.5 Å². The highest BCUT2D eigenvalue weighted by Crippen LogP contribution is 2.21. The van der Waals surface area contributed by atoms with Crippen molar-refractivity contribution >= 4 is 29.2 Å². The first-order valence-corrected chi connectivity index (χ1v) is 6.25. The highest BCUT2D eigenvalue weighted by molar-refractivity contribution is 6.34. The van der Waals surface area contributed by atoms with Crippen LogP contribution in [0.5, 0.6) is 0 Å². The summed E-state index contributed by atoms with van der Waals surface area (Å²) in [6.07, 6.45) is 0. The summed E-state index contributed by atoms with van der Waals surface area (Å²) in [4.78, 5) is 23.3. The minimum absolute atomic E-state index is 0.0343. The largest absolute Gasteiger partial charge is 0.545 e. The van der Waals surface area contributed by atoms with Gasteiger partial charge >= 0.3 is 0 Å². The lowest BCUT2D eigenvalue weighted by Crippen LogP contribution is -2.26. The van der Waals surface area contributed by atoms with E-state index in [4.69, 9.17) is 11.6 Å². The monoisotopic (exact) mass is 288 g/mol. The summed E-state index contributed by atoms with van der Waals surface area (Å²) in [6.45, 7) is 1.64. The van der Waals surface area contributed by atoms with Gasteiger partial charge < -0.3 is 15.2 Å². The number of hydrogen-bond donors (Lipinski definition) is 1. The topological polar surface area (TPSA) is 69.2 Å². The maximum Gasteiger partial charge on any atom is 0.257 e. The van der Waals surface area contributed by atoms with Crippen molar-refractivity contribution in [2.45, 2.75) is 6.92 Å². The Kier molecular flexibility index (Phi) is 4.05. The summed E-state index contributed by atoms with van der Waals surface area (Å²) in [7, 11) is 0. The van der Waals surface area contributed by atoms with Gasteiger partial charge in [0.05, 0.1) is 22.2 Å². The summed E-state index contributed by atoms with van der Waals surface area (Å²) < 4.78 is 0. The number of aryl methyl sites for hydroxylation is 1. The van der Waals surface area contributed by atoms with E-state index in [1.165, 1.54) is 6.07 Å². The lowest BCUT2D eigenvalue weighted by molar-refractivity contribution is -0.254. The van der Waals surface area contributed by atoms with Gasteiger partial charge in [0.1, 0.15) is 0 Å². The molecular weight excluding hydrogens is 278 g/mol. The first-order valence-electron chi connectivity index (χ1n) is 5.87. The van der Waals surface area contributed by atoms with Crippen LogP contribution in [0, 0.1) is 6.92 Å². The summed E-state index contributed by atoms with van der Waals surface area (Å²) in [5.74, 6) is -1.80. The Morgan fingerprint density at radius 2 is 1.80 bits per heavy atom. The molecule has 1 amide bonds. The molecule has 2 rings (SSSR count). The van der Waals surface area contributed by atoms with Gasteiger partial charge in [-0.1, -0.05) is 35.9 Å². The molecule has 0 saturated heterocycles. The molecule has 20 heavy (non-hydrogen) atoms. The summed E-state index contributed by atoms with van der Waals surface area (Å²) >= 11 is 5.93. The lowest BCUT2D eigenvalue weighted by Gasteiger charge is -2.14. The van der Waals surface area contributed by atoms with Crippen molar-refractivity contribution in [2.75, 3.05) is 5.32 Å². The molecule has 0 aliphatic rings. The third-order valence-corrected chi connectivity index (χ3v) is 3.17. The zero-order valence-electron chi connectivity index (χ0n) is 10.6. The first-order chi connectivity index (χ1) is 9.50. The molecule has 2 aromatic carbocycles. The van der Waals surface area contributed by atoms with Crippen molar-refractivity contribution in [1.82, 2.24) is 0 Å². The van der Waals surface area contributed by atoms with Crippen LogP contribution in [0.25, 0.3) is 0 Å². The molecule has 0 aliphatic heterocycles. The second-order valence-corrected chi connectivity index (χ2v) is 4.63. The predicted octanol–water partition coefficient (Wildman–Crippen LogP) is 2.26. The van der Waals surface area contributed by atoms with Crippen LogP contribution in [0.4, 0.5) is 5.69 Å². The molecule has 0 bridgehead atoms. The minimum Gasteiger partial charge on any atom is -0.545 e. The molecule has 0 aromatic heterocycles. The molecule has 0 spiro atoms. The van der Waals surface area contributed by atoms with Gasteiger partial charge in [0, 0.05) is 5.56 Å². The number of anilines is 1. The van der Waals surface area contributed by atoms with Gasteiger partial charge in [-0.25, -0.2) is 0 Å². The van der Waals surface area contributed by atoms with Gasteiger partial charge in [0.2, 0.25) is 0 Å². The average Bonchev–Trinajstić information content (AvgIpc) is 2.38. The number of rotatable bonds is 3. The number of hydrogen-bond acceptors (Lipinski definition) is 3. The molecule has 0 heterocycles. The number of amides is 1. The number of carbonyl (C=O) groups excluding carboxylic acids is 2. The predicted molar refractivity (Wildman–Crippen MR) is 74.9 cm³/mol. The van der Waals surface area contributed by atoms with Crippen molar-refractivity contribution in [3.8, 4) is 0 Å². The van der Waals surface area contributed by atoms with Gasteiger partial charge in [0.25, 0.3) is 5.91 Å². The van der Waals surface area contributed by atoms with Crippen LogP contribution in [-0.2, 0) is 0 Å². The van der Waals surface area contributed by atoms with Crippen LogP contribution in [0.2, 0.25) is 5.02 Å². The molecule has 0 radical (unpaired) electrons. The second-order valence-electron chi connectivity index (χ2n) is 4.22. The molecule has 2 aromatic rings. The van der Waals surface area contributed by atoms with Gasteiger partial charge in [-0.15, -0.1) is 0 Å². The van der Waals surface area contributed by atoms with Crippen molar-refractivity contribution < 1.29 is 14.7 Å². The van der Waals surface area contributed by atoms with Gasteiger partial charge in [0.15, 0.2) is 0 Å². The van der Waals surface area contributed by atoms with Crippen molar-refractivity contribution in [3.63, 3.8) is 0 Å². The first kappa shape index (κ1) is 14.1. The van der Waals surface area contributed by atoms with Crippen LogP contribution < -0.4 is 10.4 Å². The van der Waals surface area contributed by atoms with Gasteiger partial charge in [-0.2, -0.15) is 0 Å². The molecule has 0 unspecified atom stereocenters. The lowest BCUT2D eigenvalue weighted by atomic mass is 10.1. The Morgan fingerprint density at radius 3 is 2.45 bits per heavy atom. The maximum absolute atomic E-state index is 12.1. The normalized spacial score (nSPS) is 10.1. The third kappa shape index (κ3) is 2.81. The molecule has 0 saturated carbocycles. The molecule has 0 aliphatic carbocycles. The Bertz CT molecular complexity index is 683. The van der Waals surface area contributed by atoms with E-state index in [2.05, 4.69) is 5.32 Å². The molecule has 1 N–H and O–H groups in total. The Hall–Kier alpha value is -2.33. The van der Waals surface area contributed by atoms with E-state index < -0.39 is 11.9 Å². The van der Waals surface area contributed by atoms with Crippen LogP contribution in [-0.4, -0.2) is 11.9 Å². The summed E-state index contributed by atoms with van der Waals surface area (Å²) in [6, 6.07) is 11.3. The van der Waals surface area contributed by atoms with Crippen LogP contribution >= 0.6 is 11.6 Å². The quantitative estimate of drug-likeness (QED) is 0.942. The van der Waals surface area contributed by atoms with Gasteiger partial charge in [-0.3, -0.25) is 4.79 Å². The minimum atomic E-state index is -1.34. The third-order valence-electron chi connectivity index (χ3n) is 2.84. The molecule has 0 atom stereocenters. The zero-order chi connectivity index (χ0) is 14.7. The summed E-state index contributed by atoms with van der Waals surface area (Å²) in [5, 5.41) is 14.0. The van der Waals surface area contributed by atoms with Crippen molar-refractivity contribution in [3.05, 3.63) is 64.2 Å². The number of carboxylic acids is 1. The molecule has 0 fully saturated rings. The Balaban J connectivity index is 2.36. The average molecular weight is 289 g/mol. The van der Waals surface area contributed by atoms with Crippen molar-refractivity contribution in [2.24, 2.45) is 0 Å². The molecular formula is C15H11ClNO3-. The van der Waals surface area contributed by atoms with E-state index in [0.29, 0.717) is 10.6 Å². The zero-order valence-corrected chi connectivity index (χ0v) is 11.4. The number of carboxylic acid groups (broad SMARTS) is 1. The number of halogens is 1. The second kappa shape index (κ2) is 5.75. The molecule has 5 heteroatoms. The summed E-state index contributed by atoms with van der Waals surface area (Å²) in [5.41, 5.74) is 0.949. The molecule has 4 nitrogen and oxygen atoms in total. The van der Waals surface area contributed by atoms with E-state index in [1.807, 2.05) is 0 Å². The van der Waals surface area contributed by atoms with Crippen molar-refractivity contribution in [1.29, 1.82) is 0 Å². The van der Waals surface area contributed by atoms with E-state index in [1.54, 1.807) is 43.3 Å². The fourth-order valence-electron chi connectivity index (χ4n) is 1.88. The Labute approximate surface area is 121 Å². The number of nitrogens with one attached hydrogen (secondary N) is 1. The van der Waals surface area contributed by atoms with E-state index in [0.717, 1.165) is 0 Å². The van der Waals surface area contributed by atoms with E-state index in [-0.39, 0.29) is 16.8 Å². The highest BCUT2D eigenvalue weighted by Gasteiger charge is 2.13. The fraction of sp³-hybridized carbons (Fsp3) is 0.0667. The number of carbonyl (C=O) groups is 2. The van der Waals surface area contributed by atoms with Gasteiger partial charge in [-0.05, 0) is 30.7 Å². The smallest absolute Gasteiger partial charge is 0.257 e. The maximum atomic E-state index is 12.1. The van der Waals surface area contributed by atoms with Crippen LogP contribution in [0.3, 0.4) is 0 Å². The molecule has 102 valence electrons. The standard InChI is InChI=1S/C15H12ClNO3/c1-9-5-4-8-12(13(9)15(19)20)17-14(18)10-6-2-3-7-11(10)16/h2-8H,1H3,(H,17,18)(H,19,20)/p-1. The number of benzene rings is 2. The fourth-order valence-corrected chi connectivity index (χ4v) is 2.10. The highest BCUT2D eigenvalue weighted by atomic mass is 35.5.